The maximum absolute atomic E-state index is 11.5. The zero-order valence-electron chi connectivity index (χ0n) is 8.58. The first-order valence-electron chi connectivity index (χ1n) is 4.72. The van der Waals surface area contributed by atoms with E-state index < -0.39 is 0 Å². The molecular weight excluding hydrogens is 180 g/mol. The molecule has 0 aromatic carbocycles. The van der Waals surface area contributed by atoms with Gasteiger partial charge in [-0.15, -0.1) is 0 Å². The molecule has 1 rings (SSSR count). The predicted octanol–water partition coefficient (Wildman–Crippen LogP) is 0.532. The Bertz CT molecular complexity index is 319. The number of nitrogen functional groups attached to an aromatic ring is 1. The molecule has 0 bridgehead atoms. The fourth-order valence-corrected chi connectivity index (χ4v) is 1.10. The number of nitrogens with two attached hydrogens (primary N) is 1. The van der Waals surface area contributed by atoms with Gasteiger partial charge in [0.1, 0.15) is 11.4 Å². The molecular formula is C9H16N4O. The van der Waals surface area contributed by atoms with Gasteiger partial charge in [0.2, 0.25) is 0 Å². The van der Waals surface area contributed by atoms with Crippen molar-refractivity contribution < 1.29 is 4.79 Å². The number of nitrogens with one attached hydrogen (secondary N) is 1. The van der Waals surface area contributed by atoms with Crippen LogP contribution in [0, 0.1) is 0 Å². The Morgan fingerprint density at radius 1 is 1.71 bits per heavy atom. The second-order valence-electron chi connectivity index (χ2n) is 3.18. The lowest BCUT2D eigenvalue weighted by molar-refractivity contribution is 0.0954. The SMILES string of the molecule is CCCCNC(=O)c1cnn(C)c1N. The van der Waals surface area contributed by atoms with E-state index in [0.717, 1.165) is 12.8 Å². The number of anilines is 1. The maximum Gasteiger partial charge on any atom is 0.256 e. The lowest BCUT2D eigenvalue weighted by Crippen LogP contribution is -2.24. The lowest BCUT2D eigenvalue weighted by atomic mass is 10.3. The first-order valence-corrected chi connectivity index (χ1v) is 4.72. The van der Waals surface area contributed by atoms with Crippen LogP contribution in [-0.4, -0.2) is 22.2 Å². The summed E-state index contributed by atoms with van der Waals surface area (Å²) in [6.07, 6.45) is 3.52. The zero-order chi connectivity index (χ0) is 10.6. The normalized spacial score (nSPS) is 10.1. The van der Waals surface area contributed by atoms with Gasteiger partial charge in [-0.1, -0.05) is 13.3 Å². The van der Waals surface area contributed by atoms with Gasteiger partial charge >= 0.3 is 0 Å². The molecule has 5 nitrogen and oxygen atoms in total. The van der Waals surface area contributed by atoms with Crippen LogP contribution in [0.1, 0.15) is 30.1 Å². The third kappa shape index (κ3) is 2.25. The molecule has 0 unspecified atom stereocenters. The van der Waals surface area contributed by atoms with E-state index in [1.807, 2.05) is 0 Å². The van der Waals surface area contributed by atoms with Crippen molar-refractivity contribution in [3.63, 3.8) is 0 Å². The number of aromatic nitrogens is 2. The van der Waals surface area contributed by atoms with E-state index in [4.69, 9.17) is 5.73 Å². The Labute approximate surface area is 83.3 Å². The minimum Gasteiger partial charge on any atom is -0.383 e. The number of carbonyl (C=O) groups is 1. The van der Waals surface area contributed by atoms with Gasteiger partial charge in [0, 0.05) is 13.6 Å². The van der Waals surface area contributed by atoms with Crippen LogP contribution in [0.3, 0.4) is 0 Å². The Hall–Kier alpha value is -1.52. The van der Waals surface area contributed by atoms with E-state index >= 15 is 0 Å². The molecule has 1 aromatic rings. The van der Waals surface area contributed by atoms with Crippen LogP contribution >= 0.6 is 0 Å². The summed E-state index contributed by atoms with van der Waals surface area (Å²) in [5.74, 6) is 0.253. The van der Waals surface area contributed by atoms with Gasteiger partial charge in [-0.2, -0.15) is 5.10 Å². The molecule has 0 saturated heterocycles. The van der Waals surface area contributed by atoms with Gasteiger partial charge in [0.25, 0.3) is 5.91 Å². The molecule has 0 aliphatic carbocycles. The highest BCUT2D eigenvalue weighted by Gasteiger charge is 2.12. The fourth-order valence-electron chi connectivity index (χ4n) is 1.10. The standard InChI is InChI=1S/C9H16N4O/c1-3-4-5-11-9(14)7-6-12-13(2)8(7)10/h6H,3-5,10H2,1-2H3,(H,11,14). The molecule has 0 aliphatic rings. The van der Waals surface area contributed by atoms with E-state index in [0.29, 0.717) is 17.9 Å². The summed E-state index contributed by atoms with van der Waals surface area (Å²) in [5.41, 5.74) is 6.10. The maximum atomic E-state index is 11.5. The molecule has 0 radical (unpaired) electrons. The van der Waals surface area contributed by atoms with Crippen LogP contribution in [-0.2, 0) is 7.05 Å². The van der Waals surface area contributed by atoms with E-state index in [-0.39, 0.29) is 5.91 Å². The van der Waals surface area contributed by atoms with Crippen molar-refractivity contribution >= 4 is 11.7 Å². The highest BCUT2D eigenvalue weighted by atomic mass is 16.1. The topological polar surface area (TPSA) is 72.9 Å². The molecule has 1 amide bonds. The monoisotopic (exact) mass is 196 g/mol. The molecule has 0 fully saturated rings. The quantitative estimate of drug-likeness (QED) is 0.690. The second kappa shape index (κ2) is 4.64. The average molecular weight is 196 g/mol. The molecule has 1 aromatic heterocycles. The summed E-state index contributed by atoms with van der Waals surface area (Å²) in [7, 11) is 1.71. The third-order valence-corrected chi connectivity index (χ3v) is 2.05. The van der Waals surface area contributed by atoms with Gasteiger partial charge in [0.15, 0.2) is 0 Å². The van der Waals surface area contributed by atoms with Crippen molar-refractivity contribution in [2.75, 3.05) is 12.3 Å². The summed E-state index contributed by atoms with van der Waals surface area (Å²) in [6.45, 7) is 2.76. The number of rotatable bonds is 4. The van der Waals surface area contributed by atoms with Crippen molar-refractivity contribution in [2.24, 2.45) is 7.05 Å². The fraction of sp³-hybridized carbons (Fsp3) is 0.556. The first kappa shape index (κ1) is 10.6. The first-order chi connectivity index (χ1) is 6.66. The summed E-state index contributed by atoms with van der Waals surface area (Å²) < 4.78 is 1.48. The number of hydrogen-bond donors (Lipinski definition) is 2. The lowest BCUT2D eigenvalue weighted by Gasteiger charge is -2.02. The van der Waals surface area contributed by atoms with Crippen molar-refractivity contribution in [1.82, 2.24) is 15.1 Å². The minimum atomic E-state index is -0.149. The predicted molar refractivity (Wildman–Crippen MR) is 54.9 cm³/mol. The van der Waals surface area contributed by atoms with Gasteiger partial charge in [-0.3, -0.25) is 9.48 Å². The van der Waals surface area contributed by atoms with E-state index in [1.54, 1.807) is 7.05 Å². The molecule has 0 saturated carbocycles. The number of amides is 1. The van der Waals surface area contributed by atoms with Gasteiger partial charge < -0.3 is 11.1 Å². The van der Waals surface area contributed by atoms with E-state index in [1.165, 1.54) is 10.9 Å². The Morgan fingerprint density at radius 3 is 2.93 bits per heavy atom. The summed E-state index contributed by atoms with van der Waals surface area (Å²) >= 11 is 0. The molecule has 0 aliphatic heterocycles. The largest absolute Gasteiger partial charge is 0.383 e. The third-order valence-electron chi connectivity index (χ3n) is 2.05. The summed E-state index contributed by atoms with van der Waals surface area (Å²) in [4.78, 5) is 11.5. The van der Waals surface area contributed by atoms with Crippen LogP contribution in [0.2, 0.25) is 0 Å². The average Bonchev–Trinajstić information content (AvgIpc) is 2.48. The van der Waals surface area contributed by atoms with Gasteiger partial charge in [-0.25, -0.2) is 0 Å². The van der Waals surface area contributed by atoms with Crippen LogP contribution in [0.15, 0.2) is 6.20 Å². The molecule has 5 heteroatoms. The minimum absolute atomic E-state index is 0.149. The van der Waals surface area contributed by atoms with Crippen LogP contribution in [0.25, 0.3) is 0 Å². The summed E-state index contributed by atoms with van der Waals surface area (Å²) in [6, 6.07) is 0. The van der Waals surface area contributed by atoms with E-state index in [2.05, 4.69) is 17.3 Å². The Kier molecular flexibility index (Phi) is 3.50. The number of unbranched alkanes of at least 4 members (excludes halogenated alkanes) is 1. The second-order valence-corrected chi connectivity index (χ2v) is 3.18. The Morgan fingerprint density at radius 2 is 2.43 bits per heavy atom. The Balaban J connectivity index is 2.56. The van der Waals surface area contributed by atoms with Crippen molar-refractivity contribution in [2.45, 2.75) is 19.8 Å². The van der Waals surface area contributed by atoms with Crippen LogP contribution in [0.5, 0.6) is 0 Å². The highest BCUT2D eigenvalue weighted by Crippen LogP contribution is 2.08. The highest BCUT2D eigenvalue weighted by molar-refractivity contribution is 5.98. The zero-order valence-corrected chi connectivity index (χ0v) is 8.58. The number of carbonyl (C=O) groups excluding carboxylic acids is 1. The van der Waals surface area contributed by atoms with Gasteiger partial charge in [0.05, 0.1) is 6.20 Å². The van der Waals surface area contributed by atoms with E-state index in [9.17, 15) is 4.79 Å². The van der Waals surface area contributed by atoms with Crippen molar-refractivity contribution in [1.29, 1.82) is 0 Å². The summed E-state index contributed by atoms with van der Waals surface area (Å²) in [5, 5.41) is 6.68. The van der Waals surface area contributed by atoms with Crippen molar-refractivity contribution in [3.05, 3.63) is 11.8 Å². The molecule has 14 heavy (non-hydrogen) atoms. The molecule has 0 atom stereocenters. The number of nitrogens with zero attached hydrogens (tertiary/aromatic N) is 2. The van der Waals surface area contributed by atoms with Gasteiger partial charge in [-0.05, 0) is 6.42 Å². The van der Waals surface area contributed by atoms with Crippen molar-refractivity contribution in [3.8, 4) is 0 Å². The smallest absolute Gasteiger partial charge is 0.256 e. The number of hydrogen-bond acceptors (Lipinski definition) is 3. The van der Waals surface area contributed by atoms with Crippen LogP contribution in [0.4, 0.5) is 5.82 Å². The molecule has 78 valence electrons. The molecule has 1 heterocycles. The molecule has 0 spiro atoms. The van der Waals surface area contributed by atoms with Crippen LogP contribution < -0.4 is 11.1 Å². The number of aryl methyl sites for hydroxylation is 1. The molecule has 3 N–H and O–H groups in total.